The monoisotopic (exact) mass is 359 g/mol. The smallest absolute Gasteiger partial charge is 0.254 e. The zero-order valence-electron chi connectivity index (χ0n) is 15.3. The fourth-order valence-electron chi connectivity index (χ4n) is 4.38. The maximum atomic E-state index is 13.1. The van der Waals surface area contributed by atoms with Gasteiger partial charge in [-0.25, -0.2) is 0 Å². The summed E-state index contributed by atoms with van der Waals surface area (Å²) in [6, 6.07) is 14.0. The second-order valence-electron chi connectivity index (χ2n) is 7.37. The van der Waals surface area contributed by atoms with Crippen molar-refractivity contribution in [3.05, 3.63) is 64.8 Å². The predicted octanol–water partition coefficient (Wildman–Crippen LogP) is 3.28. The average Bonchev–Trinajstić information content (AvgIpc) is 3.27. The molecule has 1 aromatic heterocycles. The number of para-hydroxylation sites is 1. The van der Waals surface area contributed by atoms with Gasteiger partial charge >= 0.3 is 0 Å². The Morgan fingerprint density at radius 3 is 2.74 bits per heavy atom. The van der Waals surface area contributed by atoms with Gasteiger partial charge in [-0.3, -0.25) is 9.59 Å². The van der Waals surface area contributed by atoms with Crippen molar-refractivity contribution in [2.45, 2.75) is 26.3 Å². The molecule has 0 saturated heterocycles. The minimum Gasteiger partial charge on any atom is -0.358 e. The number of amides is 2. The number of fused-ring (bicyclic) bond motifs is 4. The summed E-state index contributed by atoms with van der Waals surface area (Å²) in [4.78, 5) is 32.0. The summed E-state index contributed by atoms with van der Waals surface area (Å²) in [5.41, 5.74) is 6.35. The lowest BCUT2D eigenvalue weighted by molar-refractivity contribution is -0.116. The van der Waals surface area contributed by atoms with Crippen molar-refractivity contribution in [1.82, 2.24) is 9.88 Å². The number of anilines is 1. The quantitative estimate of drug-likeness (QED) is 0.725. The standard InChI is InChI=1S/C22H21N3O2/c1-14(26)25-11-8-15-12-16(6-7-21(15)25)22(27)24-10-9-20-18(13-24)17-4-2-3-5-19(17)23-20/h2-7,12,23H,8-11,13H2,1H3. The van der Waals surface area contributed by atoms with E-state index in [9.17, 15) is 9.59 Å². The Hall–Kier alpha value is -3.08. The summed E-state index contributed by atoms with van der Waals surface area (Å²) >= 11 is 0. The van der Waals surface area contributed by atoms with Gasteiger partial charge < -0.3 is 14.8 Å². The molecule has 0 bridgehead atoms. The van der Waals surface area contributed by atoms with Gasteiger partial charge in [-0.2, -0.15) is 0 Å². The van der Waals surface area contributed by atoms with Gasteiger partial charge in [0.15, 0.2) is 0 Å². The van der Waals surface area contributed by atoms with Crippen LogP contribution in [0.15, 0.2) is 42.5 Å². The van der Waals surface area contributed by atoms with Gasteiger partial charge in [0.05, 0.1) is 0 Å². The van der Waals surface area contributed by atoms with Crippen molar-refractivity contribution in [2.75, 3.05) is 18.0 Å². The summed E-state index contributed by atoms with van der Waals surface area (Å²) in [7, 11) is 0. The van der Waals surface area contributed by atoms with E-state index in [2.05, 4.69) is 17.1 Å². The van der Waals surface area contributed by atoms with Crippen LogP contribution >= 0.6 is 0 Å². The molecule has 0 saturated carbocycles. The molecule has 0 spiro atoms. The molecule has 27 heavy (non-hydrogen) atoms. The number of H-pyrrole nitrogens is 1. The molecule has 0 atom stereocenters. The molecule has 2 amide bonds. The second kappa shape index (κ2) is 5.98. The number of benzene rings is 2. The van der Waals surface area contributed by atoms with Crippen molar-refractivity contribution >= 4 is 28.4 Å². The van der Waals surface area contributed by atoms with Gasteiger partial charge in [-0.1, -0.05) is 18.2 Å². The van der Waals surface area contributed by atoms with Crippen LogP contribution in [-0.4, -0.2) is 34.8 Å². The van der Waals surface area contributed by atoms with Gasteiger partial charge in [-0.05, 0) is 36.2 Å². The number of rotatable bonds is 1. The number of carbonyl (C=O) groups excluding carboxylic acids is 2. The Kier molecular flexibility index (Phi) is 3.57. The van der Waals surface area contributed by atoms with Crippen molar-refractivity contribution in [2.24, 2.45) is 0 Å². The number of nitrogens with one attached hydrogen (secondary N) is 1. The van der Waals surface area contributed by atoms with E-state index in [0.29, 0.717) is 18.7 Å². The van der Waals surface area contributed by atoms with Gasteiger partial charge in [0.1, 0.15) is 0 Å². The third-order valence-corrected chi connectivity index (χ3v) is 5.77. The molecular formula is C22H21N3O2. The van der Waals surface area contributed by atoms with Crippen molar-refractivity contribution in [3.8, 4) is 0 Å². The SMILES string of the molecule is CC(=O)N1CCc2cc(C(=O)N3CCc4[nH]c5ccccc5c4C3)ccc21. The largest absolute Gasteiger partial charge is 0.358 e. The predicted molar refractivity (Wildman–Crippen MR) is 105 cm³/mol. The van der Waals surface area contributed by atoms with E-state index >= 15 is 0 Å². The highest BCUT2D eigenvalue weighted by molar-refractivity contribution is 5.98. The molecule has 136 valence electrons. The van der Waals surface area contributed by atoms with E-state index < -0.39 is 0 Å². The maximum absolute atomic E-state index is 13.1. The molecule has 3 heterocycles. The van der Waals surface area contributed by atoms with Gasteiger partial charge in [0.25, 0.3) is 5.91 Å². The minimum absolute atomic E-state index is 0.0516. The first-order valence-electron chi connectivity index (χ1n) is 9.40. The third kappa shape index (κ3) is 2.53. The Morgan fingerprint density at radius 1 is 1.04 bits per heavy atom. The minimum atomic E-state index is 0.0516. The number of nitrogens with zero attached hydrogens (tertiary/aromatic N) is 2. The highest BCUT2D eigenvalue weighted by Crippen LogP contribution is 2.31. The third-order valence-electron chi connectivity index (χ3n) is 5.77. The van der Waals surface area contributed by atoms with Crippen LogP contribution in [0.5, 0.6) is 0 Å². The second-order valence-corrected chi connectivity index (χ2v) is 7.37. The number of carbonyl (C=O) groups is 2. The first-order valence-corrected chi connectivity index (χ1v) is 9.40. The number of aromatic amines is 1. The summed E-state index contributed by atoms with van der Waals surface area (Å²) in [6.45, 7) is 3.63. The van der Waals surface area contributed by atoms with E-state index in [4.69, 9.17) is 0 Å². The summed E-state index contributed by atoms with van der Waals surface area (Å²) < 4.78 is 0. The van der Waals surface area contributed by atoms with Crippen LogP contribution in [0, 0.1) is 0 Å². The molecule has 5 nitrogen and oxygen atoms in total. The molecule has 2 aromatic carbocycles. The van der Waals surface area contributed by atoms with E-state index in [1.807, 2.05) is 35.2 Å². The zero-order valence-corrected chi connectivity index (χ0v) is 15.3. The fourth-order valence-corrected chi connectivity index (χ4v) is 4.38. The summed E-state index contributed by atoms with van der Waals surface area (Å²) in [5.74, 6) is 0.116. The lowest BCUT2D eigenvalue weighted by Crippen LogP contribution is -2.35. The van der Waals surface area contributed by atoms with E-state index in [1.54, 1.807) is 11.8 Å². The molecule has 0 radical (unpaired) electrons. The topological polar surface area (TPSA) is 56.4 Å². The van der Waals surface area contributed by atoms with Gasteiger partial charge in [-0.15, -0.1) is 0 Å². The van der Waals surface area contributed by atoms with Gasteiger partial charge in [0.2, 0.25) is 5.91 Å². The lowest BCUT2D eigenvalue weighted by atomic mass is 10.0. The molecule has 0 aliphatic carbocycles. The molecule has 3 aromatic rings. The highest BCUT2D eigenvalue weighted by Gasteiger charge is 2.27. The van der Waals surface area contributed by atoms with Crippen molar-refractivity contribution in [1.29, 1.82) is 0 Å². The molecule has 5 heteroatoms. The van der Waals surface area contributed by atoms with Crippen LogP contribution in [0.2, 0.25) is 0 Å². The normalized spacial score (nSPS) is 15.7. The van der Waals surface area contributed by atoms with Crippen LogP contribution in [-0.2, 0) is 24.2 Å². The maximum Gasteiger partial charge on any atom is 0.254 e. The van der Waals surface area contributed by atoms with Crippen LogP contribution in [0.1, 0.15) is 34.1 Å². The van der Waals surface area contributed by atoms with E-state index in [0.717, 1.165) is 36.2 Å². The van der Waals surface area contributed by atoms with E-state index in [1.165, 1.54) is 16.6 Å². The molecular weight excluding hydrogens is 338 g/mol. The average molecular weight is 359 g/mol. The Labute approximate surface area is 157 Å². The molecule has 2 aliphatic rings. The Balaban J connectivity index is 1.43. The van der Waals surface area contributed by atoms with Crippen molar-refractivity contribution in [3.63, 3.8) is 0 Å². The van der Waals surface area contributed by atoms with Crippen LogP contribution in [0.3, 0.4) is 0 Å². The number of hydrogen-bond acceptors (Lipinski definition) is 2. The molecule has 0 fully saturated rings. The van der Waals surface area contributed by atoms with E-state index in [-0.39, 0.29) is 11.8 Å². The molecule has 2 aliphatic heterocycles. The Morgan fingerprint density at radius 2 is 1.89 bits per heavy atom. The highest BCUT2D eigenvalue weighted by atomic mass is 16.2. The number of hydrogen-bond donors (Lipinski definition) is 1. The zero-order chi connectivity index (χ0) is 18.5. The molecule has 0 unspecified atom stereocenters. The van der Waals surface area contributed by atoms with Crippen molar-refractivity contribution < 1.29 is 9.59 Å². The van der Waals surface area contributed by atoms with Crippen LogP contribution in [0.4, 0.5) is 5.69 Å². The number of aromatic nitrogens is 1. The summed E-state index contributed by atoms with van der Waals surface area (Å²) in [5, 5.41) is 1.20. The summed E-state index contributed by atoms with van der Waals surface area (Å²) in [6.07, 6.45) is 1.65. The van der Waals surface area contributed by atoms with Gasteiger partial charge in [0, 0.05) is 66.4 Å². The van der Waals surface area contributed by atoms with Crippen LogP contribution < -0.4 is 4.90 Å². The van der Waals surface area contributed by atoms with Crippen LogP contribution in [0.25, 0.3) is 10.9 Å². The fraction of sp³-hybridized carbons (Fsp3) is 0.273. The molecule has 1 N–H and O–H groups in total. The Bertz CT molecular complexity index is 1080. The first-order chi connectivity index (χ1) is 13.1. The lowest BCUT2D eigenvalue weighted by Gasteiger charge is -2.27. The molecule has 5 rings (SSSR count). The first kappa shape index (κ1) is 16.1.